The van der Waals surface area contributed by atoms with Crippen molar-refractivity contribution in [3.05, 3.63) is 92.3 Å². The SMILES string of the molecule is [C-]#[N+]C(C#N)=Nc1ccc(-c2cc3c(s2)C2C=C(C)c4cc(-c5ccc(N=C(C#N)[N+]#[C-])s5)sc4C2C=C3C)s1. The van der Waals surface area contributed by atoms with E-state index in [-0.39, 0.29) is 23.5 Å². The van der Waals surface area contributed by atoms with E-state index in [1.165, 1.54) is 54.7 Å². The average molecular weight is 589 g/mol. The van der Waals surface area contributed by atoms with E-state index in [1.807, 2.05) is 59.1 Å². The quantitative estimate of drug-likeness (QED) is 0.135. The fourth-order valence-corrected chi connectivity index (χ4v) is 9.57. The number of thiophene rings is 4. The van der Waals surface area contributed by atoms with Crippen LogP contribution in [0.4, 0.5) is 10.0 Å². The van der Waals surface area contributed by atoms with Crippen molar-refractivity contribution in [1.82, 2.24) is 0 Å². The molecule has 2 unspecified atom stereocenters. The standard InChI is InChI=1S/C30H16N6S4/c1-15-9-19-20(29-17(15)11-23(39-29)21-5-7-27(37-21)35-25(13-31)33-3)10-16(2)18-12-24(40-30(18)19)22-6-8-28(38-22)36-26(14-32)34-4/h5-12,19-20H,1-2H3. The predicted octanol–water partition coefficient (Wildman–Crippen LogP) is 9.91. The zero-order valence-electron chi connectivity index (χ0n) is 21.1. The van der Waals surface area contributed by atoms with Crippen LogP contribution in [0.5, 0.6) is 0 Å². The van der Waals surface area contributed by atoms with Crippen molar-refractivity contribution in [2.45, 2.75) is 25.7 Å². The third-order valence-electron chi connectivity index (χ3n) is 6.74. The largest absolute Gasteiger partial charge is 0.351 e. The lowest BCUT2D eigenvalue weighted by atomic mass is 9.75. The van der Waals surface area contributed by atoms with Crippen LogP contribution in [-0.4, -0.2) is 11.7 Å². The molecule has 10 heteroatoms. The average Bonchev–Trinajstić information content (AvgIpc) is 3.76. The molecule has 0 radical (unpaired) electrons. The molecule has 4 heterocycles. The molecule has 0 fully saturated rings. The first-order chi connectivity index (χ1) is 19.4. The van der Waals surface area contributed by atoms with E-state index in [4.69, 9.17) is 23.7 Å². The Morgan fingerprint density at radius 3 is 1.50 bits per heavy atom. The molecule has 2 aliphatic carbocycles. The second kappa shape index (κ2) is 10.3. The van der Waals surface area contributed by atoms with E-state index in [0.717, 1.165) is 19.5 Å². The van der Waals surface area contributed by atoms with Gasteiger partial charge in [-0.05, 0) is 72.5 Å². The van der Waals surface area contributed by atoms with Crippen molar-refractivity contribution in [1.29, 1.82) is 10.5 Å². The Hall–Kier alpha value is -4.42. The fourth-order valence-electron chi connectivity index (χ4n) is 4.97. The Labute approximate surface area is 247 Å². The molecule has 0 saturated carbocycles. The molecule has 0 saturated heterocycles. The summed E-state index contributed by atoms with van der Waals surface area (Å²) < 4.78 is 0. The third kappa shape index (κ3) is 4.44. The second-order valence-electron chi connectivity index (χ2n) is 9.12. The minimum absolute atomic E-state index is 0.156. The van der Waals surface area contributed by atoms with Crippen LogP contribution < -0.4 is 0 Å². The summed E-state index contributed by atoms with van der Waals surface area (Å²) in [6.45, 7) is 18.5. The number of rotatable bonds is 4. The summed E-state index contributed by atoms with van der Waals surface area (Å²) in [4.78, 5) is 21.9. The van der Waals surface area contributed by atoms with Crippen LogP contribution in [0.15, 0.2) is 58.5 Å². The maximum atomic E-state index is 9.05. The van der Waals surface area contributed by atoms with Gasteiger partial charge in [0.2, 0.25) is 10.0 Å². The van der Waals surface area contributed by atoms with Crippen LogP contribution in [0.25, 0.3) is 40.3 Å². The summed E-state index contributed by atoms with van der Waals surface area (Å²) >= 11 is 6.60. The molecule has 0 aromatic carbocycles. The van der Waals surface area contributed by atoms with E-state index in [9.17, 15) is 0 Å². The van der Waals surface area contributed by atoms with Crippen molar-refractivity contribution in [3.63, 3.8) is 0 Å². The van der Waals surface area contributed by atoms with E-state index < -0.39 is 0 Å². The molecule has 40 heavy (non-hydrogen) atoms. The predicted molar refractivity (Wildman–Crippen MR) is 167 cm³/mol. The monoisotopic (exact) mass is 588 g/mol. The molecule has 4 aromatic heterocycles. The van der Waals surface area contributed by atoms with Gasteiger partial charge >= 0.3 is 11.7 Å². The smallest absolute Gasteiger partial charge is 0.350 e. The highest BCUT2D eigenvalue weighted by Gasteiger charge is 2.36. The van der Waals surface area contributed by atoms with Gasteiger partial charge in [-0.1, -0.05) is 58.0 Å². The Morgan fingerprint density at radius 2 is 1.12 bits per heavy atom. The topological polar surface area (TPSA) is 81.0 Å². The summed E-state index contributed by atoms with van der Waals surface area (Å²) in [5.41, 5.74) is 5.07. The van der Waals surface area contributed by atoms with Gasteiger partial charge in [0.25, 0.3) is 0 Å². The van der Waals surface area contributed by atoms with Crippen LogP contribution >= 0.6 is 45.3 Å². The molecule has 2 aliphatic rings. The molecule has 0 amide bonds. The Balaban J connectivity index is 1.35. The first kappa shape index (κ1) is 25.8. The Morgan fingerprint density at radius 1 is 0.700 bits per heavy atom. The van der Waals surface area contributed by atoms with Crippen molar-refractivity contribution < 1.29 is 0 Å². The zero-order chi connectivity index (χ0) is 28.0. The van der Waals surface area contributed by atoms with Gasteiger partial charge in [0.1, 0.15) is 12.1 Å². The molecule has 190 valence electrons. The molecule has 0 bridgehead atoms. The van der Waals surface area contributed by atoms with E-state index in [2.05, 4.69) is 57.8 Å². The minimum atomic E-state index is -0.156. The van der Waals surface area contributed by atoms with Crippen molar-refractivity contribution >= 4 is 78.2 Å². The number of fused-ring (bicyclic) bond motifs is 5. The molecule has 4 aromatic rings. The highest BCUT2D eigenvalue weighted by Crippen LogP contribution is 2.56. The summed E-state index contributed by atoms with van der Waals surface area (Å²) in [6.07, 6.45) is 4.79. The van der Waals surface area contributed by atoms with Crippen LogP contribution in [0, 0.1) is 35.8 Å². The number of allylic oxidation sites excluding steroid dienone is 4. The number of nitriles is 2. The first-order valence-corrected chi connectivity index (χ1v) is 15.3. The normalized spacial score (nSPS) is 17.8. The number of aliphatic imine (C=N–C) groups is 2. The zero-order valence-corrected chi connectivity index (χ0v) is 24.4. The lowest BCUT2D eigenvalue weighted by molar-refractivity contribution is 0.740. The lowest BCUT2D eigenvalue weighted by Gasteiger charge is -2.31. The summed E-state index contributed by atoms with van der Waals surface area (Å²) in [6, 6.07) is 15.9. The maximum Gasteiger partial charge on any atom is 0.350 e. The highest BCUT2D eigenvalue weighted by molar-refractivity contribution is 7.25. The third-order valence-corrected chi connectivity index (χ3v) is 11.6. The van der Waals surface area contributed by atoms with E-state index in [1.54, 1.807) is 0 Å². The second-order valence-corrected chi connectivity index (χ2v) is 13.4. The highest BCUT2D eigenvalue weighted by atomic mass is 32.1. The van der Waals surface area contributed by atoms with Gasteiger partial charge in [0.15, 0.2) is 0 Å². The maximum absolute atomic E-state index is 9.05. The summed E-state index contributed by atoms with van der Waals surface area (Å²) in [7, 11) is 0. The van der Waals surface area contributed by atoms with Crippen molar-refractivity contribution in [2.24, 2.45) is 9.98 Å². The molecule has 0 aliphatic heterocycles. The summed E-state index contributed by atoms with van der Waals surface area (Å²) in [5.74, 6) is 0.190. The van der Waals surface area contributed by atoms with Gasteiger partial charge in [-0.3, -0.25) is 0 Å². The fraction of sp³-hybridized carbons (Fsp3) is 0.133. The minimum Gasteiger partial charge on any atom is -0.351 e. The molecule has 6 nitrogen and oxygen atoms in total. The first-order valence-electron chi connectivity index (χ1n) is 12.0. The lowest BCUT2D eigenvalue weighted by Crippen LogP contribution is -2.15. The molecular formula is C30H16N6S4. The molecule has 0 N–H and O–H groups in total. The van der Waals surface area contributed by atoms with Gasteiger partial charge in [0, 0.05) is 41.1 Å². The Bertz CT molecular complexity index is 1820. The summed E-state index contributed by atoms with van der Waals surface area (Å²) in [5, 5.41) is 19.4. The van der Waals surface area contributed by atoms with Gasteiger partial charge in [-0.15, -0.1) is 22.7 Å². The van der Waals surface area contributed by atoms with Gasteiger partial charge in [-0.2, -0.15) is 0 Å². The number of nitrogens with zero attached hydrogens (tertiary/aromatic N) is 6. The molecule has 6 rings (SSSR count). The number of hydrogen-bond donors (Lipinski definition) is 0. The molecular weight excluding hydrogens is 573 g/mol. The van der Waals surface area contributed by atoms with Crippen LogP contribution in [0.3, 0.4) is 0 Å². The Kier molecular flexibility index (Phi) is 6.64. The van der Waals surface area contributed by atoms with Crippen molar-refractivity contribution in [2.75, 3.05) is 0 Å². The van der Waals surface area contributed by atoms with E-state index in [0.29, 0.717) is 10.0 Å². The number of amidine groups is 2. The molecule has 2 atom stereocenters. The number of hydrogen-bond acceptors (Lipinski definition) is 8. The van der Waals surface area contributed by atoms with Gasteiger partial charge < -0.3 is 9.69 Å². The molecule has 0 spiro atoms. The van der Waals surface area contributed by atoms with Crippen molar-refractivity contribution in [3.8, 4) is 31.6 Å². The van der Waals surface area contributed by atoms with Crippen LogP contribution in [-0.2, 0) is 0 Å². The van der Waals surface area contributed by atoms with Crippen LogP contribution in [0.1, 0.15) is 46.6 Å². The van der Waals surface area contributed by atoms with Gasteiger partial charge in [-0.25, -0.2) is 10.5 Å². The van der Waals surface area contributed by atoms with Crippen LogP contribution in [0.2, 0.25) is 0 Å². The van der Waals surface area contributed by atoms with Gasteiger partial charge in [0.05, 0.1) is 0 Å². The van der Waals surface area contributed by atoms with E-state index >= 15 is 0 Å².